The molecule has 0 saturated carbocycles. The van der Waals surface area contributed by atoms with E-state index in [1.54, 1.807) is 12.3 Å². The summed E-state index contributed by atoms with van der Waals surface area (Å²) in [6, 6.07) is 3.78. The van der Waals surface area contributed by atoms with Gasteiger partial charge >= 0.3 is 0 Å². The Morgan fingerprint density at radius 3 is 2.79 bits per heavy atom. The molecule has 8 heteroatoms. The van der Waals surface area contributed by atoms with Gasteiger partial charge in [-0.25, -0.2) is 15.8 Å². The van der Waals surface area contributed by atoms with Crippen molar-refractivity contribution in [1.29, 1.82) is 0 Å². The molecule has 0 saturated heterocycles. The predicted octanol–water partition coefficient (Wildman–Crippen LogP) is 0.872. The lowest BCUT2D eigenvalue weighted by Gasteiger charge is -2.08. The minimum absolute atomic E-state index is 0.599. The molecular formula is C11H17N7S. The first-order valence-corrected chi connectivity index (χ1v) is 7.06. The summed E-state index contributed by atoms with van der Waals surface area (Å²) >= 11 is 1.47. The van der Waals surface area contributed by atoms with E-state index in [0.29, 0.717) is 11.0 Å². The van der Waals surface area contributed by atoms with Gasteiger partial charge in [0.15, 0.2) is 5.16 Å². The van der Waals surface area contributed by atoms with Crippen LogP contribution in [0.1, 0.15) is 5.69 Å². The highest BCUT2D eigenvalue weighted by atomic mass is 32.2. The minimum atomic E-state index is 0.599. The average Bonchev–Trinajstić information content (AvgIpc) is 2.84. The molecule has 2 rings (SSSR count). The summed E-state index contributed by atoms with van der Waals surface area (Å²) in [5, 5.41) is 8.07. The van der Waals surface area contributed by atoms with Crippen LogP contribution < -0.4 is 16.6 Å². The lowest BCUT2D eigenvalue weighted by Crippen LogP contribution is -2.13. The SMILES string of the molecule is CSc1nc(NN)cc(NCCc2ccnn2C)n1. The fourth-order valence-corrected chi connectivity index (χ4v) is 2.03. The van der Waals surface area contributed by atoms with Gasteiger partial charge in [0.2, 0.25) is 0 Å². The van der Waals surface area contributed by atoms with E-state index in [1.165, 1.54) is 17.5 Å². The van der Waals surface area contributed by atoms with Crippen LogP contribution in [0, 0.1) is 0 Å². The van der Waals surface area contributed by atoms with Crippen LogP contribution in [0.4, 0.5) is 11.6 Å². The number of nitrogens with zero attached hydrogens (tertiary/aromatic N) is 4. The molecule has 19 heavy (non-hydrogen) atoms. The summed E-state index contributed by atoms with van der Waals surface area (Å²) < 4.78 is 1.86. The van der Waals surface area contributed by atoms with Crippen LogP contribution in [-0.2, 0) is 13.5 Å². The van der Waals surface area contributed by atoms with Crippen molar-refractivity contribution in [3.63, 3.8) is 0 Å². The molecule has 0 atom stereocenters. The van der Waals surface area contributed by atoms with Gasteiger partial charge in [0, 0.05) is 38.0 Å². The highest BCUT2D eigenvalue weighted by Gasteiger charge is 2.03. The Balaban J connectivity index is 1.97. The van der Waals surface area contributed by atoms with Crippen molar-refractivity contribution in [2.75, 3.05) is 23.5 Å². The summed E-state index contributed by atoms with van der Waals surface area (Å²) in [6.45, 7) is 0.772. The van der Waals surface area contributed by atoms with Gasteiger partial charge in [-0.3, -0.25) is 4.68 Å². The van der Waals surface area contributed by atoms with E-state index in [9.17, 15) is 0 Å². The number of aryl methyl sites for hydroxylation is 1. The number of rotatable bonds is 6. The molecule has 0 aliphatic heterocycles. The molecule has 0 aromatic carbocycles. The van der Waals surface area contributed by atoms with E-state index < -0.39 is 0 Å². The second kappa shape index (κ2) is 6.39. The van der Waals surface area contributed by atoms with Gasteiger partial charge in [-0.15, -0.1) is 0 Å². The number of hydrogen-bond acceptors (Lipinski definition) is 7. The van der Waals surface area contributed by atoms with Crippen molar-refractivity contribution in [2.24, 2.45) is 12.9 Å². The molecular weight excluding hydrogens is 262 g/mol. The van der Waals surface area contributed by atoms with E-state index in [0.717, 1.165) is 18.8 Å². The maximum atomic E-state index is 5.38. The van der Waals surface area contributed by atoms with Gasteiger partial charge in [0.05, 0.1) is 0 Å². The monoisotopic (exact) mass is 279 g/mol. The molecule has 0 radical (unpaired) electrons. The lowest BCUT2D eigenvalue weighted by atomic mass is 10.3. The van der Waals surface area contributed by atoms with Crippen LogP contribution in [0.2, 0.25) is 0 Å². The molecule has 0 aliphatic rings. The number of anilines is 2. The lowest BCUT2D eigenvalue weighted by molar-refractivity contribution is 0.710. The van der Waals surface area contributed by atoms with Crippen molar-refractivity contribution in [3.8, 4) is 0 Å². The van der Waals surface area contributed by atoms with Crippen LogP contribution >= 0.6 is 11.8 Å². The van der Waals surface area contributed by atoms with E-state index in [2.05, 4.69) is 25.8 Å². The molecule has 0 fully saturated rings. The number of nitrogens with one attached hydrogen (secondary N) is 2. The third-order valence-electron chi connectivity index (χ3n) is 2.65. The average molecular weight is 279 g/mol. The van der Waals surface area contributed by atoms with Crippen LogP contribution in [0.3, 0.4) is 0 Å². The first kappa shape index (κ1) is 13.6. The molecule has 102 valence electrons. The molecule has 7 nitrogen and oxygen atoms in total. The fourth-order valence-electron chi connectivity index (χ4n) is 1.65. The van der Waals surface area contributed by atoms with Crippen LogP contribution in [0.25, 0.3) is 0 Å². The number of thioether (sulfide) groups is 1. The Bertz CT molecular complexity index is 517. The molecule has 4 N–H and O–H groups in total. The quantitative estimate of drug-likeness (QED) is 0.313. The molecule has 0 unspecified atom stereocenters. The molecule has 2 aromatic heterocycles. The largest absolute Gasteiger partial charge is 0.369 e. The van der Waals surface area contributed by atoms with Crippen LogP contribution in [-0.4, -0.2) is 32.5 Å². The second-order valence-corrected chi connectivity index (χ2v) is 4.67. The van der Waals surface area contributed by atoms with E-state index >= 15 is 0 Å². The van der Waals surface area contributed by atoms with E-state index in [4.69, 9.17) is 5.84 Å². The third kappa shape index (κ3) is 3.58. The first-order chi connectivity index (χ1) is 9.22. The Morgan fingerprint density at radius 2 is 2.16 bits per heavy atom. The maximum Gasteiger partial charge on any atom is 0.191 e. The standard InChI is InChI=1S/C11H17N7S/c1-18-8(4-6-14-18)3-5-13-9-7-10(17-12)16-11(15-9)19-2/h4,6-7H,3,5,12H2,1-2H3,(H2,13,15,16,17). The zero-order valence-electron chi connectivity index (χ0n) is 10.9. The van der Waals surface area contributed by atoms with Crippen LogP contribution in [0.15, 0.2) is 23.5 Å². The Labute approximate surface area is 116 Å². The molecule has 2 aromatic rings. The van der Waals surface area contributed by atoms with Gasteiger partial charge < -0.3 is 10.7 Å². The van der Waals surface area contributed by atoms with Crippen molar-refractivity contribution in [3.05, 3.63) is 24.0 Å². The molecule has 0 amide bonds. The molecule has 0 aliphatic carbocycles. The highest BCUT2D eigenvalue weighted by molar-refractivity contribution is 7.98. The molecule has 2 heterocycles. The van der Waals surface area contributed by atoms with E-state index in [-0.39, 0.29) is 0 Å². The summed E-state index contributed by atoms with van der Waals surface area (Å²) in [7, 11) is 1.93. The highest BCUT2D eigenvalue weighted by Crippen LogP contribution is 2.16. The molecule has 0 spiro atoms. The first-order valence-electron chi connectivity index (χ1n) is 5.83. The Kier molecular flexibility index (Phi) is 4.58. The Hall–Kier alpha value is -1.80. The van der Waals surface area contributed by atoms with Gasteiger partial charge in [-0.05, 0) is 12.3 Å². The summed E-state index contributed by atoms with van der Waals surface area (Å²) in [4.78, 5) is 8.57. The number of nitrogens with two attached hydrogens (primary N) is 1. The number of hydrogen-bond donors (Lipinski definition) is 3. The summed E-state index contributed by atoms with van der Waals surface area (Å²) in [5.41, 5.74) is 3.71. The van der Waals surface area contributed by atoms with Gasteiger partial charge in [-0.1, -0.05) is 11.8 Å². The van der Waals surface area contributed by atoms with Crippen molar-refractivity contribution < 1.29 is 0 Å². The normalized spacial score (nSPS) is 10.5. The number of nitrogen functional groups attached to an aromatic ring is 1. The van der Waals surface area contributed by atoms with Gasteiger partial charge in [0.1, 0.15) is 11.6 Å². The summed E-state index contributed by atoms with van der Waals surface area (Å²) in [5.74, 6) is 6.74. The van der Waals surface area contributed by atoms with Gasteiger partial charge in [-0.2, -0.15) is 5.10 Å². The topological polar surface area (TPSA) is 93.7 Å². The van der Waals surface area contributed by atoms with Crippen molar-refractivity contribution in [1.82, 2.24) is 19.7 Å². The zero-order valence-corrected chi connectivity index (χ0v) is 11.7. The maximum absolute atomic E-state index is 5.38. The smallest absolute Gasteiger partial charge is 0.191 e. The van der Waals surface area contributed by atoms with E-state index in [1.807, 2.05) is 24.1 Å². The van der Waals surface area contributed by atoms with Crippen molar-refractivity contribution >= 4 is 23.4 Å². The zero-order chi connectivity index (χ0) is 13.7. The van der Waals surface area contributed by atoms with Crippen molar-refractivity contribution in [2.45, 2.75) is 11.6 Å². The number of hydrazine groups is 1. The minimum Gasteiger partial charge on any atom is -0.369 e. The summed E-state index contributed by atoms with van der Waals surface area (Å²) in [6.07, 6.45) is 4.60. The third-order valence-corrected chi connectivity index (χ3v) is 3.19. The predicted molar refractivity (Wildman–Crippen MR) is 77.0 cm³/mol. The van der Waals surface area contributed by atoms with Crippen LogP contribution in [0.5, 0.6) is 0 Å². The van der Waals surface area contributed by atoms with Gasteiger partial charge in [0.25, 0.3) is 0 Å². The fraction of sp³-hybridized carbons (Fsp3) is 0.364. The molecule has 0 bridgehead atoms. The second-order valence-electron chi connectivity index (χ2n) is 3.89. The number of aromatic nitrogens is 4. The Morgan fingerprint density at radius 1 is 1.37 bits per heavy atom.